The predicted octanol–water partition coefficient (Wildman–Crippen LogP) is 2.62. The van der Waals surface area contributed by atoms with Crippen molar-refractivity contribution < 1.29 is 18.8 Å². The lowest BCUT2D eigenvalue weighted by molar-refractivity contribution is -0.147. The molecule has 0 saturated heterocycles. The van der Waals surface area contributed by atoms with Crippen LogP contribution in [-0.4, -0.2) is 29.3 Å². The van der Waals surface area contributed by atoms with Gasteiger partial charge in [-0.05, 0) is 25.7 Å². The molecule has 2 rings (SSSR count). The number of ether oxygens (including phenoxy) is 2. The SMILES string of the molecule is COC(=O)C1CCC(OCc2nc(C(C)(C)C)no2)CC1. The van der Waals surface area contributed by atoms with E-state index in [1.165, 1.54) is 7.11 Å². The average molecular weight is 296 g/mol. The first-order valence-corrected chi connectivity index (χ1v) is 7.42. The van der Waals surface area contributed by atoms with Crippen molar-refractivity contribution in [2.75, 3.05) is 7.11 Å². The third-order valence-electron chi connectivity index (χ3n) is 3.79. The van der Waals surface area contributed by atoms with Gasteiger partial charge in [0.15, 0.2) is 5.82 Å². The molecule has 0 aliphatic heterocycles. The molecule has 1 aliphatic rings. The Bertz CT molecular complexity index is 470. The van der Waals surface area contributed by atoms with Crippen LogP contribution in [0.4, 0.5) is 0 Å². The molecule has 118 valence electrons. The van der Waals surface area contributed by atoms with E-state index < -0.39 is 0 Å². The minimum Gasteiger partial charge on any atom is -0.469 e. The van der Waals surface area contributed by atoms with Crippen molar-refractivity contribution in [2.45, 2.75) is 64.6 Å². The van der Waals surface area contributed by atoms with Crippen LogP contribution in [0.3, 0.4) is 0 Å². The highest BCUT2D eigenvalue weighted by Gasteiger charge is 2.28. The van der Waals surface area contributed by atoms with Gasteiger partial charge in [-0.25, -0.2) is 0 Å². The predicted molar refractivity (Wildman–Crippen MR) is 75.5 cm³/mol. The van der Waals surface area contributed by atoms with Gasteiger partial charge in [-0.15, -0.1) is 0 Å². The lowest BCUT2D eigenvalue weighted by Crippen LogP contribution is -2.26. The number of carbonyl (C=O) groups is 1. The van der Waals surface area contributed by atoms with Crippen LogP contribution in [-0.2, 0) is 26.3 Å². The van der Waals surface area contributed by atoms with Gasteiger partial charge in [-0.3, -0.25) is 4.79 Å². The van der Waals surface area contributed by atoms with Crippen molar-refractivity contribution in [2.24, 2.45) is 5.92 Å². The molecule has 1 aliphatic carbocycles. The summed E-state index contributed by atoms with van der Waals surface area (Å²) in [7, 11) is 1.44. The van der Waals surface area contributed by atoms with Gasteiger partial charge in [0.2, 0.25) is 0 Å². The van der Waals surface area contributed by atoms with Crippen LogP contribution in [0, 0.1) is 5.92 Å². The standard InChI is InChI=1S/C15H24N2O4/c1-15(2,3)14-16-12(21-17-14)9-20-11-7-5-10(6-8-11)13(18)19-4/h10-11H,5-9H2,1-4H3. The second kappa shape index (κ2) is 6.56. The molecule has 0 aromatic carbocycles. The summed E-state index contributed by atoms with van der Waals surface area (Å²) in [5.41, 5.74) is -0.125. The van der Waals surface area contributed by atoms with E-state index in [9.17, 15) is 4.79 Å². The first-order valence-electron chi connectivity index (χ1n) is 7.42. The molecular formula is C15H24N2O4. The zero-order chi connectivity index (χ0) is 15.5. The molecule has 0 radical (unpaired) electrons. The smallest absolute Gasteiger partial charge is 0.308 e. The number of hydrogen-bond acceptors (Lipinski definition) is 6. The Morgan fingerprint density at radius 1 is 1.29 bits per heavy atom. The molecule has 0 spiro atoms. The van der Waals surface area contributed by atoms with Gasteiger partial charge < -0.3 is 14.0 Å². The van der Waals surface area contributed by atoms with Crippen LogP contribution in [0.2, 0.25) is 0 Å². The summed E-state index contributed by atoms with van der Waals surface area (Å²) >= 11 is 0. The van der Waals surface area contributed by atoms with Gasteiger partial charge in [0, 0.05) is 5.41 Å². The summed E-state index contributed by atoms with van der Waals surface area (Å²) in [6, 6.07) is 0. The van der Waals surface area contributed by atoms with Gasteiger partial charge in [-0.1, -0.05) is 25.9 Å². The van der Waals surface area contributed by atoms with Crippen LogP contribution >= 0.6 is 0 Å². The molecule has 0 amide bonds. The summed E-state index contributed by atoms with van der Waals surface area (Å²) in [6.45, 7) is 6.44. The molecule has 1 fully saturated rings. The maximum absolute atomic E-state index is 11.5. The fourth-order valence-corrected chi connectivity index (χ4v) is 2.44. The second-order valence-corrected chi connectivity index (χ2v) is 6.57. The molecule has 0 unspecified atom stereocenters. The number of methoxy groups -OCH3 is 1. The maximum atomic E-state index is 11.5. The third-order valence-corrected chi connectivity index (χ3v) is 3.79. The number of rotatable bonds is 4. The van der Waals surface area contributed by atoms with Gasteiger partial charge in [0.05, 0.1) is 19.1 Å². The van der Waals surface area contributed by atoms with E-state index in [4.69, 9.17) is 14.0 Å². The number of nitrogens with zero attached hydrogens (tertiary/aromatic N) is 2. The Balaban J connectivity index is 1.77. The van der Waals surface area contributed by atoms with E-state index >= 15 is 0 Å². The molecule has 1 heterocycles. The summed E-state index contributed by atoms with van der Waals surface area (Å²) in [5, 5.41) is 3.97. The monoisotopic (exact) mass is 296 g/mol. The fourth-order valence-electron chi connectivity index (χ4n) is 2.44. The van der Waals surface area contributed by atoms with Crippen LogP contribution in [0.5, 0.6) is 0 Å². The number of esters is 1. The van der Waals surface area contributed by atoms with E-state index in [1.807, 2.05) is 20.8 Å². The topological polar surface area (TPSA) is 74.5 Å². The van der Waals surface area contributed by atoms with Gasteiger partial charge >= 0.3 is 5.97 Å². The van der Waals surface area contributed by atoms with Crippen molar-refractivity contribution >= 4 is 5.97 Å². The highest BCUT2D eigenvalue weighted by molar-refractivity contribution is 5.72. The van der Waals surface area contributed by atoms with Crippen LogP contribution in [0.25, 0.3) is 0 Å². The minimum absolute atomic E-state index is 0.0192. The summed E-state index contributed by atoms with van der Waals surface area (Å²) in [4.78, 5) is 15.8. The van der Waals surface area contributed by atoms with Crippen LogP contribution in [0.1, 0.15) is 58.2 Å². The molecule has 1 aromatic heterocycles. The molecule has 6 heteroatoms. The molecular weight excluding hydrogens is 272 g/mol. The molecule has 0 bridgehead atoms. The largest absolute Gasteiger partial charge is 0.469 e. The van der Waals surface area contributed by atoms with Crippen LogP contribution in [0.15, 0.2) is 4.52 Å². The van der Waals surface area contributed by atoms with Gasteiger partial charge in [0.1, 0.15) is 6.61 Å². The summed E-state index contributed by atoms with van der Waals surface area (Å²) in [6.07, 6.45) is 3.50. The van der Waals surface area contributed by atoms with Crippen molar-refractivity contribution in [3.05, 3.63) is 11.7 Å². The molecule has 1 aromatic rings. The first kappa shape index (κ1) is 15.9. The molecule has 0 atom stereocenters. The van der Waals surface area contributed by atoms with Gasteiger partial charge in [0.25, 0.3) is 5.89 Å². The third kappa shape index (κ3) is 4.27. The Kier molecular flexibility index (Phi) is 4.98. The molecule has 0 N–H and O–H groups in total. The summed E-state index contributed by atoms with van der Waals surface area (Å²) in [5.74, 6) is 1.11. The minimum atomic E-state index is -0.125. The Hall–Kier alpha value is -1.43. The van der Waals surface area contributed by atoms with Crippen molar-refractivity contribution in [3.8, 4) is 0 Å². The second-order valence-electron chi connectivity index (χ2n) is 6.57. The number of aromatic nitrogens is 2. The van der Waals surface area contributed by atoms with E-state index in [0.29, 0.717) is 18.3 Å². The molecule has 1 saturated carbocycles. The summed E-state index contributed by atoms with van der Waals surface area (Å²) < 4.78 is 15.8. The lowest BCUT2D eigenvalue weighted by atomic mass is 9.87. The Morgan fingerprint density at radius 2 is 1.95 bits per heavy atom. The highest BCUT2D eigenvalue weighted by atomic mass is 16.5. The van der Waals surface area contributed by atoms with Crippen molar-refractivity contribution in [1.29, 1.82) is 0 Å². The van der Waals surface area contributed by atoms with Crippen molar-refractivity contribution in [3.63, 3.8) is 0 Å². The lowest BCUT2D eigenvalue weighted by Gasteiger charge is -2.26. The fraction of sp³-hybridized carbons (Fsp3) is 0.800. The van der Waals surface area contributed by atoms with E-state index in [2.05, 4.69) is 10.1 Å². The average Bonchev–Trinajstić information content (AvgIpc) is 2.94. The van der Waals surface area contributed by atoms with E-state index in [0.717, 1.165) is 25.7 Å². The number of carbonyl (C=O) groups excluding carboxylic acids is 1. The van der Waals surface area contributed by atoms with E-state index in [1.54, 1.807) is 0 Å². The normalized spacial score (nSPS) is 23.0. The zero-order valence-corrected chi connectivity index (χ0v) is 13.2. The quantitative estimate of drug-likeness (QED) is 0.795. The molecule has 6 nitrogen and oxygen atoms in total. The Labute approximate surface area is 125 Å². The number of hydrogen-bond donors (Lipinski definition) is 0. The highest BCUT2D eigenvalue weighted by Crippen LogP contribution is 2.27. The first-order chi connectivity index (χ1) is 9.90. The van der Waals surface area contributed by atoms with E-state index in [-0.39, 0.29) is 23.4 Å². The molecule has 21 heavy (non-hydrogen) atoms. The maximum Gasteiger partial charge on any atom is 0.308 e. The zero-order valence-electron chi connectivity index (χ0n) is 13.2. The Morgan fingerprint density at radius 3 is 2.48 bits per heavy atom. The van der Waals surface area contributed by atoms with Crippen molar-refractivity contribution in [1.82, 2.24) is 10.1 Å². The van der Waals surface area contributed by atoms with Crippen LogP contribution < -0.4 is 0 Å². The van der Waals surface area contributed by atoms with Gasteiger partial charge in [-0.2, -0.15) is 4.98 Å².